The van der Waals surface area contributed by atoms with E-state index in [0.29, 0.717) is 12.8 Å². The van der Waals surface area contributed by atoms with Crippen molar-refractivity contribution in [3.8, 4) is 0 Å². The molecule has 4 amide bonds. The third-order valence-corrected chi connectivity index (χ3v) is 4.84. The summed E-state index contributed by atoms with van der Waals surface area (Å²) >= 11 is 3.87. The molecule has 0 aromatic rings. The zero-order valence-corrected chi connectivity index (χ0v) is 16.6. The zero-order chi connectivity index (χ0) is 22.1. The summed E-state index contributed by atoms with van der Waals surface area (Å²) in [6.07, 6.45) is 0.659. The number of thiol groups is 1. The highest BCUT2D eigenvalue weighted by Crippen LogP contribution is 2.19. The second-order valence-corrected chi connectivity index (χ2v) is 6.99. The first-order chi connectivity index (χ1) is 13.6. The van der Waals surface area contributed by atoms with Crippen LogP contribution in [-0.4, -0.2) is 87.8 Å². The smallest absolute Gasteiger partial charge is 0.327 e. The van der Waals surface area contributed by atoms with Gasteiger partial charge in [0, 0.05) is 18.7 Å². The first-order valence-electron chi connectivity index (χ1n) is 9.02. The van der Waals surface area contributed by atoms with Gasteiger partial charge in [-0.2, -0.15) is 12.6 Å². The van der Waals surface area contributed by atoms with Crippen molar-refractivity contribution < 1.29 is 34.2 Å². The van der Waals surface area contributed by atoms with Crippen molar-refractivity contribution >= 4 is 42.2 Å². The fraction of sp³-hybridized carbons (Fsp3) is 0.688. The Morgan fingerprint density at radius 1 is 1.17 bits per heavy atom. The maximum atomic E-state index is 12.7. The molecule has 29 heavy (non-hydrogen) atoms. The van der Waals surface area contributed by atoms with E-state index in [1.165, 1.54) is 4.90 Å². The average Bonchev–Trinajstić information content (AvgIpc) is 3.16. The number of hydrogen-bond donors (Lipinski definition) is 7. The van der Waals surface area contributed by atoms with E-state index in [4.69, 9.17) is 16.6 Å². The number of aliphatic carboxylic acids is 1. The number of aliphatic hydroxyl groups is 1. The van der Waals surface area contributed by atoms with Crippen LogP contribution in [0.15, 0.2) is 0 Å². The van der Waals surface area contributed by atoms with Gasteiger partial charge in [0.15, 0.2) is 0 Å². The van der Waals surface area contributed by atoms with Crippen molar-refractivity contribution in [1.29, 1.82) is 0 Å². The van der Waals surface area contributed by atoms with Crippen molar-refractivity contribution in [3.63, 3.8) is 0 Å². The number of primary amides is 1. The molecule has 12 nitrogen and oxygen atoms in total. The largest absolute Gasteiger partial charge is 0.480 e. The Kier molecular flexibility index (Phi) is 9.85. The molecule has 1 heterocycles. The van der Waals surface area contributed by atoms with Crippen LogP contribution in [0, 0.1) is 0 Å². The molecule has 0 aliphatic carbocycles. The van der Waals surface area contributed by atoms with E-state index in [1.807, 2.05) is 0 Å². The number of carboxylic acids is 1. The minimum atomic E-state index is -1.34. The number of nitrogens with two attached hydrogens (primary N) is 2. The van der Waals surface area contributed by atoms with E-state index in [1.54, 1.807) is 0 Å². The Morgan fingerprint density at radius 3 is 2.34 bits per heavy atom. The van der Waals surface area contributed by atoms with Crippen LogP contribution in [0.25, 0.3) is 0 Å². The van der Waals surface area contributed by atoms with Crippen LogP contribution in [0.4, 0.5) is 0 Å². The van der Waals surface area contributed by atoms with Gasteiger partial charge in [-0.05, 0) is 19.3 Å². The summed E-state index contributed by atoms with van der Waals surface area (Å²) < 4.78 is 0. The number of amides is 4. The normalized spacial score (nSPS) is 19.1. The SMILES string of the molecule is NC(=O)CCC(N)C(=O)NC(CO)C(=O)N1CCCC1C(=O)NC(CS)C(=O)O. The molecule has 1 aliphatic rings. The van der Waals surface area contributed by atoms with E-state index < -0.39 is 60.4 Å². The quantitative estimate of drug-likeness (QED) is 0.163. The maximum absolute atomic E-state index is 12.7. The molecule has 0 bridgehead atoms. The molecule has 4 atom stereocenters. The minimum Gasteiger partial charge on any atom is -0.480 e. The highest BCUT2D eigenvalue weighted by Gasteiger charge is 2.38. The van der Waals surface area contributed by atoms with E-state index in [2.05, 4.69) is 23.3 Å². The average molecular weight is 433 g/mol. The summed E-state index contributed by atoms with van der Waals surface area (Å²) in [5, 5.41) is 23.2. The first kappa shape index (κ1) is 24.7. The van der Waals surface area contributed by atoms with Gasteiger partial charge in [-0.25, -0.2) is 4.79 Å². The molecular formula is C16H27N5O7S. The number of aliphatic hydroxyl groups excluding tert-OH is 1. The van der Waals surface area contributed by atoms with E-state index >= 15 is 0 Å². The summed E-state index contributed by atoms with van der Waals surface area (Å²) in [5.74, 6) is -4.11. The molecular weight excluding hydrogens is 406 g/mol. The van der Waals surface area contributed by atoms with Crippen LogP contribution in [0.3, 0.4) is 0 Å². The lowest BCUT2D eigenvalue weighted by Crippen LogP contribution is -2.58. The number of rotatable bonds is 11. The summed E-state index contributed by atoms with van der Waals surface area (Å²) in [4.78, 5) is 60.3. The second-order valence-electron chi connectivity index (χ2n) is 6.63. The lowest BCUT2D eigenvalue weighted by molar-refractivity contribution is -0.145. The molecule has 0 aromatic heterocycles. The third kappa shape index (κ3) is 7.18. The Labute approximate surface area is 172 Å². The molecule has 4 unspecified atom stereocenters. The molecule has 1 rings (SSSR count). The lowest BCUT2D eigenvalue weighted by Gasteiger charge is -2.29. The Morgan fingerprint density at radius 2 is 1.83 bits per heavy atom. The van der Waals surface area contributed by atoms with Crippen LogP contribution in [0.1, 0.15) is 25.7 Å². The Bertz CT molecular complexity index is 647. The van der Waals surface area contributed by atoms with Gasteiger partial charge in [0.1, 0.15) is 18.1 Å². The van der Waals surface area contributed by atoms with Crippen LogP contribution in [0.5, 0.6) is 0 Å². The van der Waals surface area contributed by atoms with Crippen LogP contribution >= 0.6 is 12.6 Å². The predicted octanol–water partition coefficient (Wildman–Crippen LogP) is -3.45. The van der Waals surface area contributed by atoms with Gasteiger partial charge in [-0.15, -0.1) is 0 Å². The van der Waals surface area contributed by atoms with Gasteiger partial charge in [-0.3, -0.25) is 19.2 Å². The van der Waals surface area contributed by atoms with Crippen LogP contribution in [-0.2, 0) is 24.0 Å². The summed E-state index contributed by atoms with van der Waals surface area (Å²) in [6, 6.07) is -4.58. The molecule has 1 fully saturated rings. The molecule has 1 saturated heterocycles. The molecule has 0 saturated carbocycles. The van der Waals surface area contributed by atoms with Crippen LogP contribution < -0.4 is 22.1 Å². The number of carbonyl (C=O) groups is 5. The zero-order valence-electron chi connectivity index (χ0n) is 15.7. The Balaban J connectivity index is 2.76. The molecule has 0 spiro atoms. The standard InChI is InChI=1S/C16H27N5O7S/c17-8(3-4-12(18)23)13(24)19-9(6-22)15(26)21-5-1-2-11(21)14(25)20-10(7-29)16(27)28/h8-11,22,29H,1-7,17H2,(H2,18,23)(H,19,24)(H,20,25)(H,27,28). The van der Waals surface area contributed by atoms with Crippen molar-refractivity contribution in [2.45, 2.75) is 49.9 Å². The first-order valence-corrected chi connectivity index (χ1v) is 9.65. The molecule has 1 aliphatic heterocycles. The Hall–Kier alpha value is -2.38. The second kappa shape index (κ2) is 11.6. The highest BCUT2D eigenvalue weighted by atomic mass is 32.1. The molecule has 0 aromatic carbocycles. The number of carboxylic acid groups (broad SMARTS) is 1. The van der Waals surface area contributed by atoms with E-state index in [-0.39, 0.29) is 25.1 Å². The summed E-state index contributed by atoms with van der Waals surface area (Å²) in [7, 11) is 0. The lowest BCUT2D eigenvalue weighted by atomic mass is 10.1. The monoisotopic (exact) mass is 433 g/mol. The molecule has 164 valence electrons. The number of nitrogens with one attached hydrogen (secondary N) is 2. The number of likely N-dealkylation sites (tertiary alicyclic amines) is 1. The van der Waals surface area contributed by atoms with Crippen molar-refractivity contribution in [2.24, 2.45) is 11.5 Å². The van der Waals surface area contributed by atoms with Crippen molar-refractivity contribution in [3.05, 3.63) is 0 Å². The van der Waals surface area contributed by atoms with Gasteiger partial charge in [-0.1, -0.05) is 0 Å². The van der Waals surface area contributed by atoms with Gasteiger partial charge in [0.2, 0.25) is 23.6 Å². The fourth-order valence-electron chi connectivity index (χ4n) is 2.85. The van der Waals surface area contributed by atoms with Gasteiger partial charge < -0.3 is 37.2 Å². The predicted molar refractivity (Wildman–Crippen MR) is 104 cm³/mol. The summed E-state index contributed by atoms with van der Waals surface area (Å²) in [5.41, 5.74) is 10.6. The number of nitrogens with zero attached hydrogens (tertiary/aromatic N) is 1. The van der Waals surface area contributed by atoms with Gasteiger partial charge >= 0.3 is 5.97 Å². The fourth-order valence-corrected chi connectivity index (χ4v) is 3.10. The third-order valence-electron chi connectivity index (χ3n) is 4.47. The highest BCUT2D eigenvalue weighted by molar-refractivity contribution is 7.80. The molecule has 0 radical (unpaired) electrons. The maximum Gasteiger partial charge on any atom is 0.327 e. The van der Waals surface area contributed by atoms with Crippen LogP contribution in [0.2, 0.25) is 0 Å². The number of carbonyl (C=O) groups excluding carboxylic acids is 4. The molecule has 13 heteroatoms. The van der Waals surface area contributed by atoms with Crippen molar-refractivity contribution in [1.82, 2.24) is 15.5 Å². The van der Waals surface area contributed by atoms with E-state index in [9.17, 15) is 29.1 Å². The number of hydrogen-bond acceptors (Lipinski definition) is 8. The molecule has 8 N–H and O–H groups in total. The topological polar surface area (TPSA) is 205 Å². The minimum absolute atomic E-state index is 0.0252. The van der Waals surface area contributed by atoms with Gasteiger partial charge in [0.25, 0.3) is 0 Å². The van der Waals surface area contributed by atoms with Crippen molar-refractivity contribution in [2.75, 3.05) is 18.9 Å². The van der Waals surface area contributed by atoms with E-state index in [0.717, 1.165) is 0 Å². The van der Waals surface area contributed by atoms with Gasteiger partial charge in [0.05, 0.1) is 12.6 Å². The summed E-state index contributed by atoms with van der Waals surface area (Å²) in [6.45, 7) is -0.526.